The Hall–Kier alpha value is -1.44. The highest BCUT2D eigenvalue weighted by Crippen LogP contribution is 2.21. The van der Waals surface area contributed by atoms with Crippen LogP contribution in [-0.4, -0.2) is 27.9 Å². The van der Waals surface area contributed by atoms with E-state index in [1.807, 2.05) is 6.92 Å². The molecule has 1 aromatic rings. The Kier molecular flexibility index (Phi) is 5.46. The predicted molar refractivity (Wildman–Crippen MR) is 74.2 cm³/mol. The number of nitrogens with one attached hydrogen (secondary N) is 2. The van der Waals surface area contributed by atoms with Crippen LogP contribution in [0.4, 0.5) is 5.69 Å². The van der Waals surface area contributed by atoms with Crippen LogP contribution < -0.4 is 15.8 Å². The molecule has 7 heteroatoms. The minimum atomic E-state index is -3.61. The molecule has 0 fully saturated rings. The molecule has 106 valence electrons. The number of carbonyl (C=O) groups excluding carboxylic acids is 1. The van der Waals surface area contributed by atoms with Crippen LogP contribution in [0.2, 0.25) is 0 Å². The maximum atomic E-state index is 11.9. The molecular weight excluding hydrogens is 266 g/mol. The van der Waals surface area contributed by atoms with Crippen LogP contribution in [0.5, 0.6) is 0 Å². The van der Waals surface area contributed by atoms with Gasteiger partial charge in [0.2, 0.25) is 15.9 Å². The highest BCUT2D eigenvalue weighted by atomic mass is 32.2. The summed E-state index contributed by atoms with van der Waals surface area (Å²) >= 11 is 0. The molecule has 1 unspecified atom stereocenters. The first-order valence-electron chi connectivity index (χ1n) is 5.99. The lowest BCUT2D eigenvalue weighted by Gasteiger charge is -2.15. The van der Waals surface area contributed by atoms with Crippen LogP contribution in [0.1, 0.15) is 13.3 Å². The zero-order valence-corrected chi connectivity index (χ0v) is 11.8. The number of benzene rings is 1. The fraction of sp³-hybridized carbons (Fsp3) is 0.417. The van der Waals surface area contributed by atoms with Gasteiger partial charge in [-0.05, 0) is 25.6 Å². The molecule has 0 saturated heterocycles. The van der Waals surface area contributed by atoms with E-state index in [2.05, 4.69) is 10.0 Å². The Morgan fingerprint density at radius 1 is 1.37 bits per heavy atom. The largest absolute Gasteiger partial charge is 0.330 e. The van der Waals surface area contributed by atoms with Crippen LogP contribution in [0.3, 0.4) is 0 Å². The quantitative estimate of drug-likeness (QED) is 0.709. The summed E-state index contributed by atoms with van der Waals surface area (Å²) < 4.78 is 25.9. The van der Waals surface area contributed by atoms with Crippen molar-refractivity contribution in [1.29, 1.82) is 0 Å². The number of para-hydroxylation sites is 1. The molecule has 0 saturated carbocycles. The van der Waals surface area contributed by atoms with Gasteiger partial charge in [0.1, 0.15) is 4.90 Å². The number of hydrogen-bond acceptors (Lipinski definition) is 4. The Balaban J connectivity index is 3.06. The molecule has 4 N–H and O–H groups in total. The first kappa shape index (κ1) is 15.6. The Morgan fingerprint density at radius 3 is 2.53 bits per heavy atom. The molecule has 6 nitrogen and oxygen atoms in total. The second kappa shape index (κ2) is 6.65. The highest BCUT2D eigenvalue weighted by Gasteiger charge is 2.20. The van der Waals surface area contributed by atoms with Gasteiger partial charge < -0.3 is 11.1 Å². The third-order valence-electron chi connectivity index (χ3n) is 2.85. The first-order valence-corrected chi connectivity index (χ1v) is 7.48. The summed E-state index contributed by atoms with van der Waals surface area (Å²) in [5, 5.41) is 2.61. The molecule has 1 aromatic carbocycles. The van der Waals surface area contributed by atoms with Crippen LogP contribution in [-0.2, 0) is 14.8 Å². The number of carbonyl (C=O) groups is 1. The SMILES string of the molecule is CCC(CN)C(=O)Nc1ccccc1S(=O)(=O)NC. The molecule has 0 aromatic heterocycles. The van der Waals surface area contributed by atoms with Crippen molar-refractivity contribution >= 4 is 21.6 Å². The lowest BCUT2D eigenvalue weighted by molar-refractivity contribution is -0.119. The molecule has 0 bridgehead atoms. The third kappa shape index (κ3) is 3.76. The van der Waals surface area contributed by atoms with Gasteiger partial charge in [0.15, 0.2) is 0 Å². The molecule has 1 atom stereocenters. The minimum Gasteiger partial charge on any atom is -0.330 e. The summed E-state index contributed by atoms with van der Waals surface area (Å²) in [6, 6.07) is 6.24. The van der Waals surface area contributed by atoms with Gasteiger partial charge in [-0.3, -0.25) is 4.79 Å². The van der Waals surface area contributed by atoms with E-state index in [0.29, 0.717) is 6.42 Å². The van der Waals surface area contributed by atoms with Crippen molar-refractivity contribution in [2.75, 3.05) is 18.9 Å². The number of rotatable bonds is 6. The van der Waals surface area contributed by atoms with E-state index < -0.39 is 10.0 Å². The zero-order valence-electron chi connectivity index (χ0n) is 11.0. The zero-order chi connectivity index (χ0) is 14.5. The molecule has 0 spiro atoms. The number of hydrogen-bond donors (Lipinski definition) is 3. The predicted octanol–water partition coefficient (Wildman–Crippen LogP) is 0.518. The lowest BCUT2D eigenvalue weighted by atomic mass is 10.1. The fourth-order valence-corrected chi connectivity index (χ4v) is 2.49. The second-order valence-electron chi connectivity index (χ2n) is 4.03. The van der Waals surface area contributed by atoms with Gasteiger partial charge in [-0.15, -0.1) is 0 Å². The number of amides is 1. The molecule has 0 heterocycles. The van der Waals surface area contributed by atoms with Crippen molar-refractivity contribution in [3.05, 3.63) is 24.3 Å². The van der Waals surface area contributed by atoms with Crippen LogP contribution in [0.25, 0.3) is 0 Å². The van der Waals surface area contributed by atoms with E-state index in [1.54, 1.807) is 18.2 Å². The van der Waals surface area contributed by atoms with Gasteiger partial charge in [-0.1, -0.05) is 19.1 Å². The highest BCUT2D eigenvalue weighted by molar-refractivity contribution is 7.89. The summed E-state index contributed by atoms with van der Waals surface area (Å²) in [4.78, 5) is 12.0. The molecule has 1 amide bonds. The van der Waals surface area contributed by atoms with Gasteiger partial charge in [0.05, 0.1) is 11.6 Å². The van der Waals surface area contributed by atoms with Gasteiger partial charge >= 0.3 is 0 Å². The van der Waals surface area contributed by atoms with Crippen molar-refractivity contribution in [1.82, 2.24) is 4.72 Å². The fourth-order valence-electron chi connectivity index (χ4n) is 1.61. The summed E-state index contributed by atoms with van der Waals surface area (Å²) in [5.41, 5.74) is 5.75. The molecular formula is C12H19N3O3S. The number of sulfonamides is 1. The maximum Gasteiger partial charge on any atom is 0.242 e. The number of nitrogens with two attached hydrogens (primary N) is 1. The summed E-state index contributed by atoms with van der Waals surface area (Å²) in [6.45, 7) is 2.08. The Bertz CT molecular complexity index is 539. The summed E-state index contributed by atoms with van der Waals surface area (Å²) in [5.74, 6) is -0.603. The smallest absolute Gasteiger partial charge is 0.242 e. The van der Waals surface area contributed by atoms with Crippen molar-refractivity contribution in [3.63, 3.8) is 0 Å². The van der Waals surface area contributed by atoms with Crippen molar-refractivity contribution in [2.45, 2.75) is 18.2 Å². The van der Waals surface area contributed by atoms with Crippen molar-refractivity contribution < 1.29 is 13.2 Å². The average molecular weight is 285 g/mol. The van der Waals surface area contributed by atoms with Gasteiger partial charge in [-0.2, -0.15) is 0 Å². The Morgan fingerprint density at radius 2 is 2.00 bits per heavy atom. The number of anilines is 1. The van der Waals surface area contributed by atoms with E-state index in [4.69, 9.17) is 5.73 Å². The van der Waals surface area contributed by atoms with E-state index >= 15 is 0 Å². The van der Waals surface area contributed by atoms with Gasteiger partial charge in [-0.25, -0.2) is 13.1 Å². The summed E-state index contributed by atoms with van der Waals surface area (Å²) in [7, 11) is -2.29. The average Bonchev–Trinajstić information content (AvgIpc) is 2.40. The van der Waals surface area contributed by atoms with E-state index in [9.17, 15) is 13.2 Å². The van der Waals surface area contributed by atoms with E-state index in [1.165, 1.54) is 13.1 Å². The third-order valence-corrected chi connectivity index (χ3v) is 4.32. The molecule has 0 radical (unpaired) electrons. The van der Waals surface area contributed by atoms with E-state index in [0.717, 1.165) is 0 Å². The lowest BCUT2D eigenvalue weighted by Crippen LogP contribution is -2.29. The standard InChI is InChI=1S/C12H19N3O3S/c1-3-9(8-13)12(16)15-10-6-4-5-7-11(10)19(17,18)14-2/h4-7,9,14H,3,8,13H2,1-2H3,(H,15,16). The van der Waals surface area contributed by atoms with Gasteiger partial charge in [0.25, 0.3) is 0 Å². The first-order chi connectivity index (χ1) is 8.96. The van der Waals surface area contributed by atoms with Crippen LogP contribution in [0, 0.1) is 5.92 Å². The second-order valence-corrected chi connectivity index (χ2v) is 5.89. The summed E-state index contributed by atoms with van der Waals surface area (Å²) in [6.07, 6.45) is 0.600. The van der Waals surface area contributed by atoms with Crippen LogP contribution in [0.15, 0.2) is 29.2 Å². The minimum absolute atomic E-state index is 0.0396. The van der Waals surface area contributed by atoms with Crippen LogP contribution >= 0.6 is 0 Å². The molecule has 0 aliphatic carbocycles. The molecule has 0 aliphatic heterocycles. The topological polar surface area (TPSA) is 101 Å². The van der Waals surface area contributed by atoms with Gasteiger partial charge in [0, 0.05) is 6.54 Å². The molecule has 19 heavy (non-hydrogen) atoms. The Labute approximate surface area is 113 Å². The molecule has 1 rings (SSSR count). The van der Waals surface area contributed by atoms with Crippen molar-refractivity contribution in [2.24, 2.45) is 11.7 Å². The van der Waals surface area contributed by atoms with E-state index in [-0.39, 0.29) is 29.0 Å². The monoisotopic (exact) mass is 285 g/mol. The maximum absolute atomic E-state index is 11.9. The molecule has 0 aliphatic rings. The van der Waals surface area contributed by atoms with Crippen molar-refractivity contribution in [3.8, 4) is 0 Å². The normalized spacial score (nSPS) is 13.0.